The van der Waals surface area contributed by atoms with Gasteiger partial charge in [0.1, 0.15) is 25.8 Å². The van der Waals surface area contributed by atoms with Gasteiger partial charge >= 0.3 is 0 Å². The molecule has 0 saturated carbocycles. The summed E-state index contributed by atoms with van der Waals surface area (Å²) in [6.07, 6.45) is 1.94. The molecule has 1 aliphatic rings. The summed E-state index contributed by atoms with van der Waals surface area (Å²) in [5, 5.41) is 3.55. The molecule has 3 aromatic rings. The highest BCUT2D eigenvalue weighted by Gasteiger charge is 2.34. The van der Waals surface area contributed by atoms with Crippen LogP contribution in [0.25, 0.3) is 0 Å². The van der Waals surface area contributed by atoms with E-state index in [1.54, 1.807) is 55.5 Å². The summed E-state index contributed by atoms with van der Waals surface area (Å²) in [6.45, 7) is 4.23. The third kappa shape index (κ3) is 7.74. The predicted molar refractivity (Wildman–Crippen MR) is 167 cm³/mol. The Bertz CT molecular complexity index is 1520. The minimum absolute atomic E-state index is 0.00253. The first-order chi connectivity index (χ1) is 20.7. The summed E-state index contributed by atoms with van der Waals surface area (Å²) in [7, 11) is -4.23. The monoisotopic (exact) mass is 647 g/mol. The van der Waals surface area contributed by atoms with E-state index in [-0.39, 0.29) is 29.5 Å². The minimum Gasteiger partial charge on any atom is -0.486 e. The lowest BCUT2D eigenvalue weighted by Crippen LogP contribution is -2.52. The fourth-order valence-corrected chi connectivity index (χ4v) is 6.66. The maximum atomic E-state index is 14.3. The van der Waals surface area contributed by atoms with Gasteiger partial charge in [-0.2, -0.15) is 0 Å². The predicted octanol–water partition coefficient (Wildman–Crippen LogP) is 5.68. The Morgan fingerprint density at radius 1 is 0.930 bits per heavy atom. The topological polar surface area (TPSA) is 105 Å². The highest BCUT2D eigenvalue weighted by atomic mass is 35.5. The van der Waals surface area contributed by atoms with E-state index < -0.39 is 28.5 Å². The van der Waals surface area contributed by atoms with Crippen LogP contribution in [0.1, 0.15) is 38.7 Å². The molecule has 4 rings (SSSR count). The molecule has 0 radical (unpaired) electrons. The fraction of sp³-hybridized carbons (Fsp3) is 0.355. The van der Waals surface area contributed by atoms with Gasteiger partial charge in [-0.15, -0.1) is 0 Å². The number of ether oxygens (including phenoxy) is 2. The van der Waals surface area contributed by atoms with Gasteiger partial charge in [-0.25, -0.2) is 8.42 Å². The van der Waals surface area contributed by atoms with Crippen LogP contribution in [0.2, 0.25) is 10.0 Å². The number of benzene rings is 3. The van der Waals surface area contributed by atoms with Crippen LogP contribution in [-0.4, -0.2) is 57.5 Å². The molecule has 1 unspecified atom stereocenters. The van der Waals surface area contributed by atoms with Crippen LogP contribution in [0.5, 0.6) is 11.5 Å². The van der Waals surface area contributed by atoms with Gasteiger partial charge in [-0.3, -0.25) is 13.9 Å². The lowest BCUT2D eigenvalue weighted by atomic mass is 10.1. The van der Waals surface area contributed by atoms with Crippen molar-refractivity contribution >= 4 is 50.7 Å². The highest BCUT2D eigenvalue weighted by Crippen LogP contribution is 2.36. The molecule has 0 saturated heterocycles. The first kappa shape index (κ1) is 32.4. The standard InChI is InChI=1S/C31H35Cl2N3O6S/c1-3-5-16-34-31(38)27(4-2)35(20-24-25(32)12-9-13-26(24)33)30(37)21-36(43(39,40)23-10-7-6-8-11-23)22-14-15-28-29(19-22)42-18-17-41-28/h6-15,19,27H,3-5,16-18,20-21H2,1-2H3,(H,34,38). The molecule has 0 bridgehead atoms. The Kier molecular flexibility index (Phi) is 11.2. The van der Waals surface area contributed by atoms with Crippen molar-refractivity contribution in [1.29, 1.82) is 0 Å². The van der Waals surface area contributed by atoms with Crippen molar-refractivity contribution < 1.29 is 27.5 Å². The van der Waals surface area contributed by atoms with Crippen LogP contribution < -0.4 is 19.1 Å². The molecule has 1 heterocycles. The van der Waals surface area contributed by atoms with E-state index in [4.69, 9.17) is 32.7 Å². The Hall–Kier alpha value is -3.47. The Morgan fingerprint density at radius 3 is 2.26 bits per heavy atom. The van der Waals surface area contributed by atoms with Gasteiger partial charge in [0.25, 0.3) is 10.0 Å². The number of halogens is 2. The molecule has 2 amide bonds. The molecule has 230 valence electrons. The molecule has 0 aliphatic carbocycles. The number of nitrogens with one attached hydrogen (secondary N) is 1. The van der Waals surface area contributed by atoms with Crippen molar-refractivity contribution in [3.8, 4) is 11.5 Å². The van der Waals surface area contributed by atoms with E-state index in [9.17, 15) is 18.0 Å². The van der Waals surface area contributed by atoms with Gasteiger partial charge in [-0.1, -0.05) is 67.7 Å². The second kappa shape index (κ2) is 14.8. The quantitative estimate of drug-likeness (QED) is 0.239. The van der Waals surface area contributed by atoms with Crippen LogP contribution in [0.4, 0.5) is 5.69 Å². The van der Waals surface area contributed by atoms with Crippen LogP contribution in [-0.2, 0) is 26.2 Å². The number of carbonyl (C=O) groups excluding carboxylic acids is 2. The average molecular weight is 649 g/mol. The number of rotatable bonds is 13. The molecule has 43 heavy (non-hydrogen) atoms. The molecule has 9 nitrogen and oxygen atoms in total. The minimum atomic E-state index is -4.23. The molecule has 1 atom stereocenters. The van der Waals surface area contributed by atoms with Crippen molar-refractivity contribution in [3.63, 3.8) is 0 Å². The second-order valence-electron chi connectivity index (χ2n) is 9.94. The van der Waals surface area contributed by atoms with E-state index in [1.807, 2.05) is 6.92 Å². The SMILES string of the molecule is CCCCNC(=O)C(CC)N(Cc1c(Cl)cccc1Cl)C(=O)CN(c1ccc2c(c1)OCCO2)S(=O)(=O)c1ccccc1. The first-order valence-corrected chi connectivity index (χ1v) is 16.3. The van der Waals surface area contributed by atoms with Gasteiger partial charge in [-0.05, 0) is 49.2 Å². The van der Waals surface area contributed by atoms with Crippen molar-refractivity contribution in [2.75, 3.05) is 30.6 Å². The molecule has 0 spiro atoms. The van der Waals surface area contributed by atoms with E-state index >= 15 is 0 Å². The molecule has 12 heteroatoms. The summed E-state index contributed by atoms with van der Waals surface area (Å²) in [4.78, 5) is 29.0. The normalized spacial score (nSPS) is 13.2. The molecular weight excluding hydrogens is 613 g/mol. The largest absolute Gasteiger partial charge is 0.486 e. The number of nitrogens with zero attached hydrogens (tertiary/aromatic N) is 2. The van der Waals surface area contributed by atoms with Crippen LogP contribution in [0.15, 0.2) is 71.6 Å². The van der Waals surface area contributed by atoms with Crippen molar-refractivity contribution in [3.05, 3.63) is 82.3 Å². The first-order valence-electron chi connectivity index (χ1n) is 14.1. The smallest absolute Gasteiger partial charge is 0.264 e. The molecule has 1 aliphatic heterocycles. The zero-order valence-electron chi connectivity index (χ0n) is 24.1. The fourth-order valence-electron chi connectivity index (χ4n) is 4.72. The number of sulfonamides is 1. The highest BCUT2D eigenvalue weighted by molar-refractivity contribution is 7.92. The number of unbranched alkanes of at least 4 members (excludes halogenated alkanes) is 1. The van der Waals surface area contributed by atoms with Gasteiger partial charge in [0.05, 0.1) is 10.6 Å². The zero-order chi connectivity index (χ0) is 31.0. The number of hydrogen-bond acceptors (Lipinski definition) is 6. The van der Waals surface area contributed by atoms with Crippen LogP contribution in [0, 0.1) is 0 Å². The number of anilines is 1. The summed E-state index contributed by atoms with van der Waals surface area (Å²) < 4.78 is 40.4. The van der Waals surface area contributed by atoms with E-state index in [1.165, 1.54) is 23.1 Å². The average Bonchev–Trinajstić information content (AvgIpc) is 3.01. The summed E-state index contributed by atoms with van der Waals surface area (Å²) >= 11 is 12.9. The molecular formula is C31H35Cl2N3O6S. The van der Waals surface area contributed by atoms with Gasteiger partial charge in [0.2, 0.25) is 11.8 Å². The van der Waals surface area contributed by atoms with Gasteiger partial charge in [0.15, 0.2) is 11.5 Å². The third-order valence-electron chi connectivity index (χ3n) is 7.03. The number of carbonyl (C=O) groups is 2. The number of fused-ring (bicyclic) bond motifs is 1. The maximum absolute atomic E-state index is 14.3. The molecule has 0 aromatic heterocycles. The van der Waals surface area contributed by atoms with Crippen LogP contribution in [0.3, 0.4) is 0 Å². The molecule has 3 aromatic carbocycles. The summed E-state index contributed by atoms with van der Waals surface area (Å²) in [5.41, 5.74) is 0.661. The van der Waals surface area contributed by atoms with Crippen molar-refractivity contribution in [2.45, 2.75) is 50.6 Å². The maximum Gasteiger partial charge on any atom is 0.264 e. The lowest BCUT2D eigenvalue weighted by Gasteiger charge is -2.33. The van der Waals surface area contributed by atoms with Crippen LogP contribution >= 0.6 is 23.2 Å². The summed E-state index contributed by atoms with van der Waals surface area (Å²) in [6, 6.07) is 16.6. The Balaban J connectivity index is 1.76. The Morgan fingerprint density at radius 2 is 1.60 bits per heavy atom. The zero-order valence-corrected chi connectivity index (χ0v) is 26.4. The number of amides is 2. The molecule has 1 N–H and O–H groups in total. The van der Waals surface area contributed by atoms with Crippen molar-refractivity contribution in [1.82, 2.24) is 10.2 Å². The summed E-state index contributed by atoms with van der Waals surface area (Å²) in [5.74, 6) is -0.110. The number of hydrogen-bond donors (Lipinski definition) is 1. The third-order valence-corrected chi connectivity index (χ3v) is 9.53. The van der Waals surface area contributed by atoms with Gasteiger partial charge in [0, 0.05) is 34.8 Å². The van der Waals surface area contributed by atoms with E-state index in [2.05, 4.69) is 5.32 Å². The Labute approximate surface area is 262 Å². The van der Waals surface area contributed by atoms with E-state index in [0.717, 1.165) is 17.1 Å². The van der Waals surface area contributed by atoms with E-state index in [0.29, 0.717) is 46.9 Å². The second-order valence-corrected chi connectivity index (χ2v) is 12.6. The van der Waals surface area contributed by atoms with Gasteiger partial charge < -0.3 is 19.7 Å². The molecule has 0 fully saturated rings. The lowest BCUT2D eigenvalue weighted by molar-refractivity contribution is -0.140. The van der Waals surface area contributed by atoms with Crippen molar-refractivity contribution in [2.24, 2.45) is 0 Å².